The first-order valence-corrected chi connectivity index (χ1v) is 8.26. The van der Waals surface area contributed by atoms with E-state index in [0.29, 0.717) is 16.5 Å². The Hall–Kier alpha value is -2.58. The first-order chi connectivity index (χ1) is 12.1. The lowest BCUT2D eigenvalue weighted by Gasteiger charge is -2.21. The van der Waals surface area contributed by atoms with Crippen molar-refractivity contribution >= 4 is 23.0 Å². The number of ether oxygens (including phenoxy) is 1. The highest BCUT2D eigenvalue weighted by Crippen LogP contribution is 2.25. The second-order valence-corrected chi connectivity index (χ2v) is 7.04. The number of alkyl carbamates (subject to hydrolysis) is 1. The minimum Gasteiger partial charge on any atom is -0.478 e. The predicted octanol–water partition coefficient (Wildman–Crippen LogP) is 2.18. The van der Waals surface area contributed by atoms with Crippen molar-refractivity contribution in [3.05, 3.63) is 35.5 Å². The average Bonchev–Trinajstić information content (AvgIpc) is 2.95. The van der Waals surface area contributed by atoms with Crippen molar-refractivity contribution in [2.45, 2.75) is 45.0 Å². The number of amides is 1. The maximum Gasteiger partial charge on any atom is 0.407 e. The molecule has 0 aliphatic rings. The number of H-pyrrole nitrogens is 1. The van der Waals surface area contributed by atoms with Gasteiger partial charge in [0.15, 0.2) is 0 Å². The zero-order chi connectivity index (χ0) is 19.5. The Bertz CT molecular complexity index is 793. The molecule has 0 fully saturated rings. The summed E-state index contributed by atoms with van der Waals surface area (Å²) in [4.78, 5) is 25.6. The molecule has 5 N–H and O–H groups in total. The minimum absolute atomic E-state index is 0.0927. The van der Waals surface area contributed by atoms with Crippen LogP contribution in [-0.2, 0) is 4.74 Å². The summed E-state index contributed by atoms with van der Waals surface area (Å²) < 4.78 is 5.09. The number of carbonyl (C=O) groups excluding carboxylic acids is 1. The highest BCUT2D eigenvalue weighted by Gasteiger charge is 2.21. The number of rotatable bonds is 6. The topological polar surface area (TPSA) is 132 Å². The van der Waals surface area contributed by atoms with Crippen molar-refractivity contribution in [2.24, 2.45) is 0 Å². The summed E-state index contributed by atoms with van der Waals surface area (Å²) in [6.45, 7) is 5.36. The summed E-state index contributed by atoms with van der Waals surface area (Å²) in [5.74, 6) is -1.08. The number of carboxylic acid groups (broad SMARTS) is 1. The van der Waals surface area contributed by atoms with Crippen LogP contribution in [0, 0.1) is 0 Å². The van der Waals surface area contributed by atoms with Crippen molar-refractivity contribution in [3.8, 4) is 0 Å². The van der Waals surface area contributed by atoms with Crippen LogP contribution in [0.4, 0.5) is 4.79 Å². The van der Waals surface area contributed by atoms with Gasteiger partial charge in [-0.25, -0.2) is 9.59 Å². The molecular formula is C18H24N2O6. The number of carbonyl (C=O) groups is 2. The molecule has 8 nitrogen and oxygen atoms in total. The molecule has 0 bridgehead atoms. The fourth-order valence-electron chi connectivity index (χ4n) is 2.52. The number of carboxylic acids is 1. The molecule has 1 aromatic carbocycles. The van der Waals surface area contributed by atoms with Crippen molar-refractivity contribution in [1.82, 2.24) is 10.3 Å². The fraction of sp³-hybridized carbons (Fsp3) is 0.444. The van der Waals surface area contributed by atoms with E-state index >= 15 is 0 Å². The molecule has 0 radical (unpaired) electrons. The molecule has 1 amide bonds. The maximum absolute atomic E-state index is 11.6. The average molecular weight is 364 g/mol. The van der Waals surface area contributed by atoms with Crippen LogP contribution in [0.2, 0.25) is 0 Å². The van der Waals surface area contributed by atoms with Crippen LogP contribution in [0.3, 0.4) is 0 Å². The van der Waals surface area contributed by atoms with E-state index < -0.39 is 29.9 Å². The molecule has 1 heterocycles. The molecule has 142 valence electrons. The second kappa shape index (κ2) is 7.76. The van der Waals surface area contributed by atoms with E-state index in [1.54, 1.807) is 32.9 Å². The van der Waals surface area contributed by atoms with Crippen LogP contribution in [-0.4, -0.2) is 50.6 Å². The molecule has 0 saturated carbocycles. The molecule has 0 aliphatic heterocycles. The maximum atomic E-state index is 11.6. The largest absolute Gasteiger partial charge is 0.478 e. The molecule has 2 aromatic rings. The van der Waals surface area contributed by atoms with Crippen LogP contribution >= 0.6 is 0 Å². The number of aromatic carboxylic acids is 1. The third kappa shape index (κ3) is 4.96. The highest BCUT2D eigenvalue weighted by atomic mass is 16.6. The molecule has 2 atom stereocenters. The van der Waals surface area contributed by atoms with E-state index in [1.165, 1.54) is 12.3 Å². The molecule has 1 aromatic heterocycles. The Morgan fingerprint density at radius 3 is 2.58 bits per heavy atom. The van der Waals surface area contributed by atoms with Gasteiger partial charge in [0.25, 0.3) is 0 Å². The number of aliphatic hydroxyl groups is 2. The summed E-state index contributed by atoms with van der Waals surface area (Å²) in [7, 11) is 0. The summed E-state index contributed by atoms with van der Waals surface area (Å²) in [5.41, 5.74) is 0.495. The Morgan fingerprint density at radius 2 is 1.96 bits per heavy atom. The van der Waals surface area contributed by atoms with Gasteiger partial charge in [-0.1, -0.05) is 6.07 Å². The number of aliphatic hydroxyl groups excluding tert-OH is 2. The molecule has 0 aliphatic carbocycles. The lowest BCUT2D eigenvalue weighted by atomic mass is 10.00. The zero-order valence-electron chi connectivity index (χ0n) is 14.9. The van der Waals surface area contributed by atoms with Crippen molar-refractivity contribution in [2.75, 3.05) is 6.54 Å². The van der Waals surface area contributed by atoms with Crippen LogP contribution in [0.25, 0.3) is 10.9 Å². The van der Waals surface area contributed by atoms with Gasteiger partial charge in [0.2, 0.25) is 0 Å². The van der Waals surface area contributed by atoms with Crippen LogP contribution in [0.15, 0.2) is 24.4 Å². The number of aromatic amines is 1. The van der Waals surface area contributed by atoms with E-state index in [0.717, 1.165) is 0 Å². The van der Waals surface area contributed by atoms with Gasteiger partial charge in [0.1, 0.15) is 11.7 Å². The monoisotopic (exact) mass is 364 g/mol. The lowest BCUT2D eigenvalue weighted by Crippen LogP contribution is -2.34. The fourth-order valence-corrected chi connectivity index (χ4v) is 2.52. The van der Waals surface area contributed by atoms with E-state index in [9.17, 15) is 24.9 Å². The molecule has 0 spiro atoms. The quantitative estimate of drug-likeness (QED) is 0.534. The molecule has 2 unspecified atom stereocenters. The smallest absolute Gasteiger partial charge is 0.407 e. The van der Waals surface area contributed by atoms with Crippen LogP contribution in [0.1, 0.15) is 49.2 Å². The number of benzene rings is 1. The standard InChI is InChI=1S/C18H24N2O6/c1-18(2,3)26-17(25)19-7-6-14(21)15(22)10-4-5-13-11(8-10)12(9-20-13)16(23)24/h4-5,8-9,14-15,20-22H,6-7H2,1-3H3,(H,19,25)(H,23,24). The van der Waals surface area contributed by atoms with Gasteiger partial charge in [-0.3, -0.25) is 0 Å². The lowest BCUT2D eigenvalue weighted by molar-refractivity contribution is 0.0124. The first kappa shape index (κ1) is 19.7. The second-order valence-electron chi connectivity index (χ2n) is 7.04. The van der Waals surface area contributed by atoms with Gasteiger partial charge in [-0.2, -0.15) is 0 Å². The van der Waals surface area contributed by atoms with Gasteiger partial charge < -0.3 is 30.4 Å². The summed E-state index contributed by atoms with van der Waals surface area (Å²) >= 11 is 0. The van der Waals surface area contributed by atoms with Crippen molar-refractivity contribution in [1.29, 1.82) is 0 Å². The number of hydrogen-bond acceptors (Lipinski definition) is 5. The van der Waals surface area contributed by atoms with E-state index in [1.807, 2.05) is 0 Å². The first-order valence-electron chi connectivity index (χ1n) is 8.26. The van der Waals surface area contributed by atoms with E-state index in [4.69, 9.17) is 4.74 Å². The summed E-state index contributed by atoms with van der Waals surface area (Å²) in [6, 6.07) is 4.79. The number of nitrogens with one attached hydrogen (secondary N) is 2. The Morgan fingerprint density at radius 1 is 1.27 bits per heavy atom. The Labute approximate surface area is 150 Å². The SMILES string of the molecule is CC(C)(C)OC(=O)NCCC(O)C(O)c1ccc2[nH]cc(C(=O)O)c2c1. The van der Waals surface area contributed by atoms with Crippen molar-refractivity contribution in [3.63, 3.8) is 0 Å². The molecule has 0 saturated heterocycles. The van der Waals surface area contributed by atoms with Crippen LogP contribution < -0.4 is 5.32 Å². The van der Waals surface area contributed by atoms with E-state index in [-0.39, 0.29) is 18.5 Å². The zero-order valence-corrected chi connectivity index (χ0v) is 14.9. The Balaban J connectivity index is 1.98. The van der Waals surface area contributed by atoms with Gasteiger partial charge in [-0.05, 0) is 44.9 Å². The van der Waals surface area contributed by atoms with Gasteiger partial charge in [0.05, 0.1) is 11.7 Å². The highest BCUT2D eigenvalue weighted by molar-refractivity contribution is 6.03. The summed E-state index contributed by atoms with van der Waals surface area (Å²) in [6.07, 6.45) is -1.45. The molecule has 8 heteroatoms. The normalized spacial score (nSPS) is 14.0. The summed E-state index contributed by atoms with van der Waals surface area (Å²) in [5, 5.41) is 32.6. The third-order valence-corrected chi connectivity index (χ3v) is 3.75. The van der Waals surface area contributed by atoms with Crippen LogP contribution in [0.5, 0.6) is 0 Å². The number of aromatic nitrogens is 1. The van der Waals surface area contributed by atoms with E-state index in [2.05, 4.69) is 10.3 Å². The Kier molecular flexibility index (Phi) is 5.89. The predicted molar refractivity (Wildman–Crippen MR) is 95.1 cm³/mol. The number of hydrogen-bond donors (Lipinski definition) is 5. The van der Waals surface area contributed by atoms with Gasteiger partial charge >= 0.3 is 12.1 Å². The number of fused-ring (bicyclic) bond motifs is 1. The molecule has 2 rings (SSSR count). The third-order valence-electron chi connectivity index (χ3n) is 3.75. The van der Waals surface area contributed by atoms with Gasteiger partial charge in [0, 0.05) is 23.6 Å². The minimum atomic E-state index is -1.21. The molecular weight excluding hydrogens is 340 g/mol. The molecule has 26 heavy (non-hydrogen) atoms. The van der Waals surface area contributed by atoms with Gasteiger partial charge in [-0.15, -0.1) is 0 Å². The van der Waals surface area contributed by atoms with Crippen molar-refractivity contribution < 1.29 is 29.6 Å².